The number of hydrogen-bond donors (Lipinski definition) is 1. The molecule has 88 valence electrons. The summed E-state index contributed by atoms with van der Waals surface area (Å²) < 4.78 is 5.11. The van der Waals surface area contributed by atoms with Gasteiger partial charge < -0.3 is 10.5 Å². The zero-order valence-electron chi connectivity index (χ0n) is 9.72. The number of aromatic nitrogens is 1. The van der Waals surface area contributed by atoms with Crippen molar-refractivity contribution in [3.05, 3.63) is 23.9 Å². The minimum absolute atomic E-state index is 0.319. The van der Waals surface area contributed by atoms with Crippen molar-refractivity contribution in [3.8, 4) is 5.88 Å². The largest absolute Gasteiger partial charge is 0.481 e. The minimum Gasteiger partial charge on any atom is -0.481 e. The van der Waals surface area contributed by atoms with E-state index in [2.05, 4.69) is 9.88 Å². The van der Waals surface area contributed by atoms with Crippen molar-refractivity contribution in [2.75, 3.05) is 20.2 Å². The van der Waals surface area contributed by atoms with E-state index >= 15 is 0 Å². The highest BCUT2D eigenvalue weighted by Gasteiger charge is 2.16. The first-order chi connectivity index (χ1) is 7.78. The fraction of sp³-hybridized carbons (Fsp3) is 0.583. The van der Waals surface area contributed by atoms with Crippen molar-refractivity contribution in [2.24, 2.45) is 5.73 Å². The summed E-state index contributed by atoms with van der Waals surface area (Å²) in [6.07, 6.45) is 2.33. The van der Waals surface area contributed by atoms with E-state index in [4.69, 9.17) is 10.5 Å². The van der Waals surface area contributed by atoms with Gasteiger partial charge in [-0.2, -0.15) is 0 Å². The zero-order chi connectivity index (χ0) is 11.4. The average Bonchev–Trinajstić information content (AvgIpc) is 2.29. The topological polar surface area (TPSA) is 51.4 Å². The lowest BCUT2D eigenvalue weighted by atomic mass is 10.1. The smallest absolute Gasteiger partial charge is 0.213 e. The molecule has 1 fully saturated rings. The Labute approximate surface area is 96.4 Å². The molecule has 0 radical (unpaired) electrons. The predicted molar refractivity (Wildman–Crippen MR) is 63.3 cm³/mol. The van der Waals surface area contributed by atoms with E-state index in [1.165, 1.54) is 6.42 Å². The first-order valence-corrected chi connectivity index (χ1v) is 5.76. The van der Waals surface area contributed by atoms with Crippen LogP contribution in [0.25, 0.3) is 0 Å². The van der Waals surface area contributed by atoms with Gasteiger partial charge in [-0.3, -0.25) is 4.90 Å². The van der Waals surface area contributed by atoms with E-state index < -0.39 is 0 Å². The molecule has 0 unspecified atom stereocenters. The summed E-state index contributed by atoms with van der Waals surface area (Å²) >= 11 is 0. The molecule has 0 aliphatic carbocycles. The Balaban J connectivity index is 1.97. The third-order valence-corrected chi connectivity index (χ3v) is 2.92. The molecule has 1 aromatic rings. The Morgan fingerprint density at radius 1 is 1.56 bits per heavy atom. The van der Waals surface area contributed by atoms with E-state index in [1.54, 1.807) is 7.11 Å². The summed E-state index contributed by atoms with van der Waals surface area (Å²) in [5.74, 6) is 0.679. The standard InChI is InChI=1S/C12H19N3O/c1-16-12-6-2-5-11(14-12)9-15-7-3-4-10(13)8-15/h2,5-6,10H,3-4,7-9,13H2,1H3/t10-/m1/s1. The van der Waals surface area contributed by atoms with E-state index in [0.29, 0.717) is 11.9 Å². The average molecular weight is 221 g/mol. The molecular weight excluding hydrogens is 202 g/mol. The number of likely N-dealkylation sites (tertiary alicyclic amines) is 1. The van der Waals surface area contributed by atoms with Gasteiger partial charge in [-0.05, 0) is 25.5 Å². The van der Waals surface area contributed by atoms with Crippen LogP contribution >= 0.6 is 0 Å². The molecule has 1 aromatic heterocycles. The zero-order valence-corrected chi connectivity index (χ0v) is 9.72. The Kier molecular flexibility index (Phi) is 3.74. The van der Waals surface area contributed by atoms with Crippen LogP contribution in [0.1, 0.15) is 18.5 Å². The van der Waals surface area contributed by atoms with Gasteiger partial charge in [0.05, 0.1) is 12.8 Å². The van der Waals surface area contributed by atoms with Gasteiger partial charge in [-0.25, -0.2) is 4.98 Å². The van der Waals surface area contributed by atoms with E-state index in [-0.39, 0.29) is 0 Å². The maximum atomic E-state index is 5.95. The van der Waals surface area contributed by atoms with Crippen molar-refractivity contribution >= 4 is 0 Å². The molecule has 0 spiro atoms. The molecule has 1 atom stereocenters. The van der Waals surface area contributed by atoms with E-state index in [1.807, 2.05) is 18.2 Å². The normalized spacial score (nSPS) is 22.0. The molecular formula is C12H19N3O. The maximum absolute atomic E-state index is 5.95. The molecule has 1 saturated heterocycles. The Bertz CT molecular complexity index is 343. The van der Waals surface area contributed by atoms with Gasteiger partial charge >= 0.3 is 0 Å². The number of nitrogens with two attached hydrogens (primary N) is 1. The van der Waals surface area contributed by atoms with Crippen molar-refractivity contribution in [1.82, 2.24) is 9.88 Å². The van der Waals surface area contributed by atoms with Crippen LogP contribution in [0.15, 0.2) is 18.2 Å². The van der Waals surface area contributed by atoms with Gasteiger partial charge in [0.1, 0.15) is 0 Å². The lowest BCUT2D eigenvalue weighted by molar-refractivity contribution is 0.199. The van der Waals surface area contributed by atoms with Gasteiger partial charge in [0.15, 0.2) is 0 Å². The van der Waals surface area contributed by atoms with Crippen LogP contribution in [0, 0.1) is 0 Å². The number of pyridine rings is 1. The van der Waals surface area contributed by atoms with E-state index in [9.17, 15) is 0 Å². The summed E-state index contributed by atoms with van der Waals surface area (Å²) in [6, 6.07) is 6.19. The number of hydrogen-bond acceptors (Lipinski definition) is 4. The van der Waals surface area contributed by atoms with Crippen LogP contribution in [0.3, 0.4) is 0 Å². The summed E-state index contributed by atoms with van der Waals surface area (Å²) in [7, 11) is 1.64. The first-order valence-electron chi connectivity index (χ1n) is 5.76. The highest BCUT2D eigenvalue weighted by atomic mass is 16.5. The SMILES string of the molecule is COc1cccc(CN2CCC[C@@H](N)C2)n1. The number of rotatable bonds is 3. The van der Waals surface area contributed by atoms with Crippen LogP contribution < -0.4 is 10.5 Å². The molecule has 0 aromatic carbocycles. The Morgan fingerprint density at radius 2 is 2.44 bits per heavy atom. The number of ether oxygens (including phenoxy) is 1. The summed E-state index contributed by atoms with van der Waals surface area (Å²) in [6.45, 7) is 2.95. The van der Waals surface area contributed by atoms with Gasteiger partial charge in [-0.1, -0.05) is 6.07 Å². The van der Waals surface area contributed by atoms with Crippen LogP contribution in [0.5, 0.6) is 5.88 Å². The molecule has 1 aliphatic rings. The van der Waals surface area contributed by atoms with Crippen LogP contribution in [0.2, 0.25) is 0 Å². The van der Waals surface area contributed by atoms with Gasteiger partial charge in [0, 0.05) is 25.2 Å². The highest BCUT2D eigenvalue weighted by molar-refractivity contribution is 5.15. The van der Waals surface area contributed by atoms with Crippen LogP contribution in [-0.4, -0.2) is 36.1 Å². The van der Waals surface area contributed by atoms with Gasteiger partial charge in [0.25, 0.3) is 0 Å². The molecule has 0 amide bonds. The maximum Gasteiger partial charge on any atom is 0.213 e. The first kappa shape index (κ1) is 11.4. The van der Waals surface area contributed by atoms with E-state index in [0.717, 1.165) is 31.7 Å². The molecule has 4 nitrogen and oxygen atoms in total. The van der Waals surface area contributed by atoms with Crippen molar-refractivity contribution in [1.29, 1.82) is 0 Å². The lowest BCUT2D eigenvalue weighted by Crippen LogP contribution is -2.42. The highest BCUT2D eigenvalue weighted by Crippen LogP contribution is 2.13. The Morgan fingerprint density at radius 3 is 3.19 bits per heavy atom. The van der Waals surface area contributed by atoms with Crippen LogP contribution in [-0.2, 0) is 6.54 Å². The summed E-state index contributed by atoms with van der Waals surface area (Å²) in [5.41, 5.74) is 7.00. The number of methoxy groups -OCH3 is 1. The second-order valence-electron chi connectivity index (χ2n) is 4.31. The molecule has 2 rings (SSSR count). The predicted octanol–water partition coefficient (Wildman–Crippen LogP) is 1.01. The summed E-state index contributed by atoms with van der Waals surface area (Å²) in [5, 5.41) is 0. The minimum atomic E-state index is 0.319. The molecule has 0 bridgehead atoms. The van der Waals surface area contributed by atoms with Crippen molar-refractivity contribution < 1.29 is 4.74 Å². The molecule has 1 aliphatic heterocycles. The molecule has 4 heteroatoms. The fourth-order valence-corrected chi connectivity index (χ4v) is 2.12. The number of nitrogens with zero attached hydrogens (tertiary/aromatic N) is 2. The molecule has 0 saturated carbocycles. The number of piperidine rings is 1. The third kappa shape index (κ3) is 2.93. The van der Waals surface area contributed by atoms with Gasteiger partial charge in [-0.15, -0.1) is 0 Å². The summed E-state index contributed by atoms with van der Waals surface area (Å²) in [4.78, 5) is 6.76. The second kappa shape index (κ2) is 5.27. The monoisotopic (exact) mass is 221 g/mol. The van der Waals surface area contributed by atoms with Crippen molar-refractivity contribution in [2.45, 2.75) is 25.4 Å². The lowest BCUT2D eigenvalue weighted by Gasteiger charge is -2.30. The quantitative estimate of drug-likeness (QED) is 0.827. The third-order valence-electron chi connectivity index (χ3n) is 2.92. The van der Waals surface area contributed by atoms with Crippen LogP contribution in [0.4, 0.5) is 0 Å². The second-order valence-corrected chi connectivity index (χ2v) is 4.31. The fourth-order valence-electron chi connectivity index (χ4n) is 2.12. The molecule has 2 N–H and O–H groups in total. The molecule has 16 heavy (non-hydrogen) atoms. The van der Waals surface area contributed by atoms with Gasteiger partial charge in [0.2, 0.25) is 5.88 Å². The van der Waals surface area contributed by atoms with Crippen molar-refractivity contribution in [3.63, 3.8) is 0 Å². The Hall–Kier alpha value is -1.13. The molecule has 2 heterocycles.